The van der Waals surface area contributed by atoms with Gasteiger partial charge in [-0.05, 0) is 58.6 Å². The molecule has 0 aliphatic carbocycles. The van der Waals surface area contributed by atoms with Gasteiger partial charge in [-0.3, -0.25) is 8.98 Å². The molecule has 0 aliphatic rings. The molecule has 1 aromatic rings. The Balaban J connectivity index is 2.52. The van der Waals surface area contributed by atoms with Crippen LogP contribution in [0.4, 0.5) is 4.79 Å². The summed E-state index contributed by atoms with van der Waals surface area (Å²) < 4.78 is 47.3. The molecule has 0 bridgehead atoms. The maximum absolute atomic E-state index is 12.9. The molecular weight excluding hydrogens is 671 g/mol. The van der Waals surface area contributed by atoms with E-state index < -0.39 is 39.7 Å². The molecule has 1 rings (SSSR count). The molecule has 0 saturated carbocycles. The molecule has 0 fully saturated rings. The maximum atomic E-state index is 12.9. The van der Waals surface area contributed by atoms with Gasteiger partial charge in [-0.1, -0.05) is 128 Å². The third-order valence-corrected chi connectivity index (χ3v) is 9.89. The molecule has 51 heavy (non-hydrogen) atoms. The van der Waals surface area contributed by atoms with E-state index in [0.717, 1.165) is 24.8 Å². The Kier molecular flexibility index (Phi) is 23.8. The van der Waals surface area contributed by atoms with Gasteiger partial charge in [0.1, 0.15) is 11.6 Å². The first-order chi connectivity index (χ1) is 24.1. The number of alkyl carbamates (subject to hydrolysis) is 1. The normalized spacial score (nSPS) is 13.1. The number of hydrogen-bond acceptors (Lipinski definition) is 9. The number of esters is 2. The number of benzene rings is 1. The molecule has 11 heteroatoms. The Hall–Kier alpha value is -2.66. The fourth-order valence-electron chi connectivity index (χ4n) is 5.45. The fraction of sp³-hybridized carbons (Fsp3) is 0.775. The molecule has 0 aromatic heterocycles. The van der Waals surface area contributed by atoms with Gasteiger partial charge in [0, 0.05) is 12.3 Å². The van der Waals surface area contributed by atoms with E-state index in [4.69, 9.17) is 18.4 Å². The van der Waals surface area contributed by atoms with E-state index in [0.29, 0.717) is 0 Å². The first-order valence-electron chi connectivity index (χ1n) is 19.4. The Morgan fingerprint density at radius 3 is 1.75 bits per heavy atom. The number of ether oxygens (including phenoxy) is 3. The summed E-state index contributed by atoms with van der Waals surface area (Å²) in [6.07, 6.45) is 18.3. The third-order valence-electron chi connectivity index (χ3n) is 8.60. The molecule has 0 radical (unpaired) electrons. The number of nitrogens with one attached hydrogen (secondary N) is 1. The van der Waals surface area contributed by atoms with Gasteiger partial charge < -0.3 is 19.5 Å². The molecule has 294 valence electrons. The summed E-state index contributed by atoms with van der Waals surface area (Å²) in [5.74, 6) is -1.83. The summed E-state index contributed by atoms with van der Waals surface area (Å²) in [5, 5.41) is 2.56. The Labute approximate surface area is 309 Å². The van der Waals surface area contributed by atoms with Gasteiger partial charge >= 0.3 is 18.0 Å². The highest BCUT2D eigenvalue weighted by molar-refractivity contribution is 7.86. The molecule has 1 aromatic carbocycles. The number of hydrogen-bond donors (Lipinski definition) is 1. The zero-order valence-electron chi connectivity index (χ0n) is 32.8. The van der Waals surface area contributed by atoms with Crippen LogP contribution in [0.3, 0.4) is 0 Å². The average Bonchev–Trinajstić information content (AvgIpc) is 3.05. The highest BCUT2D eigenvalue weighted by atomic mass is 32.2. The van der Waals surface area contributed by atoms with Crippen LogP contribution in [0.1, 0.15) is 156 Å². The summed E-state index contributed by atoms with van der Waals surface area (Å²) in [6, 6.07) is 5.38. The molecular formula is C40H69NO9S. The van der Waals surface area contributed by atoms with E-state index in [-0.39, 0.29) is 49.4 Å². The van der Waals surface area contributed by atoms with Crippen molar-refractivity contribution >= 4 is 28.1 Å². The number of amides is 1. The van der Waals surface area contributed by atoms with Crippen molar-refractivity contribution in [3.63, 3.8) is 0 Å². The maximum Gasteiger partial charge on any atom is 0.408 e. The molecule has 0 heterocycles. The van der Waals surface area contributed by atoms with Gasteiger partial charge in [0.05, 0.1) is 24.7 Å². The number of carbonyl (C=O) groups is 3. The van der Waals surface area contributed by atoms with Crippen molar-refractivity contribution < 1.29 is 41.2 Å². The van der Waals surface area contributed by atoms with Crippen LogP contribution in [0, 0.1) is 18.8 Å². The second-order valence-corrected chi connectivity index (χ2v) is 16.7. The van der Waals surface area contributed by atoms with E-state index in [1.165, 1.54) is 89.2 Å². The number of unbranched alkanes of at least 4 members (excludes halogenated alkanes) is 14. The van der Waals surface area contributed by atoms with Crippen molar-refractivity contribution in [3.8, 4) is 0 Å². The lowest BCUT2D eigenvalue weighted by Gasteiger charge is -2.25. The van der Waals surface area contributed by atoms with Gasteiger partial charge in [0.15, 0.2) is 0 Å². The third kappa shape index (κ3) is 23.5. The molecule has 10 nitrogen and oxygen atoms in total. The van der Waals surface area contributed by atoms with Crippen LogP contribution in [0.5, 0.6) is 0 Å². The van der Waals surface area contributed by atoms with Crippen LogP contribution >= 0.6 is 0 Å². The molecule has 1 amide bonds. The quantitative estimate of drug-likeness (QED) is 0.0386. The number of rotatable bonds is 28. The predicted octanol–water partition coefficient (Wildman–Crippen LogP) is 9.60. The molecule has 0 saturated heterocycles. The van der Waals surface area contributed by atoms with Gasteiger partial charge in [0.25, 0.3) is 10.1 Å². The van der Waals surface area contributed by atoms with Crippen LogP contribution in [-0.4, -0.2) is 57.9 Å². The van der Waals surface area contributed by atoms with Gasteiger partial charge in [-0.25, -0.2) is 9.59 Å². The van der Waals surface area contributed by atoms with E-state index in [1.807, 2.05) is 6.92 Å². The zero-order chi connectivity index (χ0) is 38.1. The van der Waals surface area contributed by atoms with E-state index in [1.54, 1.807) is 46.8 Å². The van der Waals surface area contributed by atoms with Crippen molar-refractivity contribution in [3.05, 3.63) is 29.8 Å². The highest BCUT2D eigenvalue weighted by Gasteiger charge is 2.29. The lowest BCUT2D eigenvalue weighted by atomic mass is 10.0. The van der Waals surface area contributed by atoms with Crippen molar-refractivity contribution in [2.24, 2.45) is 11.8 Å². The van der Waals surface area contributed by atoms with Crippen molar-refractivity contribution in [1.82, 2.24) is 5.32 Å². The van der Waals surface area contributed by atoms with Crippen molar-refractivity contribution in [2.45, 2.75) is 174 Å². The lowest BCUT2D eigenvalue weighted by Crippen LogP contribution is -2.47. The van der Waals surface area contributed by atoms with Crippen LogP contribution in [0.25, 0.3) is 0 Å². The SMILES string of the molecule is CCCCCCCCCCCCCCCCCC(=O)OCC(CCOC(=O)[C@@H](NC(=O)OC(C)(C)C)C(C)C)COS(=O)(=O)c1ccc(C)cc1. The van der Waals surface area contributed by atoms with Gasteiger partial charge in [-0.2, -0.15) is 8.42 Å². The molecule has 1 N–H and O–H groups in total. The van der Waals surface area contributed by atoms with Crippen molar-refractivity contribution in [2.75, 3.05) is 19.8 Å². The van der Waals surface area contributed by atoms with Crippen LogP contribution in [-0.2, 0) is 38.1 Å². The van der Waals surface area contributed by atoms with Gasteiger partial charge in [-0.15, -0.1) is 0 Å². The fourth-order valence-corrected chi connectivity index (χ4v) is 6.42. The van der Waals surface area contributed by atoms with E-state index in [9.17, 15) is 22.8 Å². The minimum Gasteiger partial charge on any atom is -0.465 e. The monoisotopic (exact) mass is 739 g/mol. The van der Waals surface area contributed by atoms with E-state index in [2.05, 4.69) is 12.2 Å². The van der Waals surface area contributed by atoms with Crippen LogP contribution in [0.2, 0.25) is 0 Å². The summed E-state index contributed by atoms with van der Waals surface area (Å²) >= 11 is 0. The minimum atomic E-state index is -4.05. The zero-order valence-corrected chi connectivity index (χ0v) is 33.6. The number of carbonyl (C=O) groups excluding carboxylic acids is 3. The molecule has 0 aliphatic heterocycles. The number of aryl methyl sites for hydroxylation is 1. The summed E-state index contributed by atoms with van der Waals surface area (Å²) in [5.41, 5.74) is 0.182. The van der Waals surface area contributed by atoms with E-state index >= 15 is 0 Å². The summed E-state index contributed by atoms with van der Waals surface area (Å²) in [7, 11) is -4.05. The lowest BCUT2D eigenvalue weighted by molar-refractivity contribution is -0.150. The molecule has 1 unspecified atom stereocenters. The summed E-state index contributed by atoms with van der Waals surface area (Å²) in [6.45, 7) is 12.4. The average molecular weight is 740 g/mol. The molecule has 0 spiro atoms. The van der Waals surface area contributed by atoms with Crippen LogP contribution in [0.15, 0.2) is 29.2 Å². The summed E-state index contributed by atoms with van der Waals surface area (Å²) in [4.78, 5) is 37.8. The van der Waals surface area contributed by atoms with Crippen molar-refractivity contribution in [1.29, 1.82) is 0 Å². The second kappa shape index (κ2) is 26.2. The highest BCUT2D eigenvalue weighted by Crippen LogP contribution is 2.18. The van der Waals surface area contributed by atoms with Crippen LogP contribution < -0.4 is 5.32 Å². The topological polar surface area (TPSA) is 134 Å². The Bertz CT molecular complexity index is 1210. The molecule has 2 atom stereocenters. The second-order valence-electron chi connectivity index (χ2n) is 15.1. The minimum absolute atomic E-state index is 0.0245. The largest absolute Gasteiger partial charge is 0.465 e. The Morgan fingerprint density at radius 1 is 0.745 bits per heavy atom. The van der Waals surface area contributed by atoms with Gasteiger partial charge in [0.2, 0.25) is 0 Å². The standard InChI is InChI=1S/C40H69NO9S/c1-8-9-10-11-12-13-14-15-16-17-18-19-20-21-22-23-36(42)48-30-34(31-49-51(45,46)35-26-24-33(4)25-27-35)28-29-47-38(43)37(32(2)3)41-39(44)50-40(5,6)7/h24-27,32,34,37H,8-23,28-31H2,1-7H3,(H,41,44)/t34?,37-/m0/s1. The predicted molar refractivity (Wildman–Crippen MR) is 202 cm³/mol. The smallest absolute Gasteiger partial charge is 0.408 e. The Morgan fingerprint density at radius 2 is 1.25 bits per heavy atom. The first-order valence-corrected chi connectivity index (χ1v) is 20.8. The first kappa shape index (κ1) is 46.4.